The van der Waals surface area contributed by atoms with Crippen molar-refractivity contribution < 1.29 is 4.74 Å². The maximum atomic E-state index is 5.85. The molecule has 1 aromatic carbocycles. The van der Waals surface area contributed by atoms with Gasteiger partial charge in [-0.15, -0.1) is 0 Å². The molecule has 3 nitrogen and oxygen atoms in total. The van der Waals surface area contributed by atoms with Gasteiger partial charge in [0, 0.05) is 34.7 Å². The lowest BCUT2D eigenvalue weighted by molar-refractivity contribution is 0.289. The van der Waals surface area contributed by atoms with Crippen LogP contribution in [-0.4, -0.2) is 23.7 Å². The van der Waals surface area contributed by atoms with Crippen molar-refractivity contribution in [3.63, 3.8) is 0 Å². The zero-order chi connectivity index (χ0) is 15.6. The van der Waals surface area contributed by atoms with Gasteiger partial charge in [-0.1, -0.05) is 19.3 Å². The van der Waals surface area contributed by atoms with Crippen molar-refractivity contribution in [3.8, 4) is 5.75 Å². The highest BCUT2D eigenvalue weighted by molar-refractivity contribution is 5.89. The average Bonchev–Trinajstić information content (AvgIpc) is 2.99. The summed E-state index contributed by atoms with van der Waals surface area (Å²) in [4.78, 5) is 3.46. The topological polar surface area (TPSA) is 37.0 Å². The van der Waals surface area contributed by atoms with Gasteiger partial charge in [-0.2, -0.15) is 0 Å². The first-order chi connectivity index (χ1) is 11.3. The number of hydrogen-bond acceptors (Lipinski definition) is 2. The summed E-state index contributed by atoms with van der Waals surface area (Å²) in [7, 11) is 0. The monoisotopic (exact) mass is 312 g/mol. The number of nitrogens with one attached hydrogen (secondary N) is 2. The van der Waals surface area contributed by atoms with E-state index in [-0.39, 0.29) is 0 Å². The molecule has 4 rings (SSSR count). The first-order valence-corrected chi connectivity index (χ1v) is 9.32. The molecule has 1 aromatic heterocycles. The summed E-state index contributed by atoms with van der Waals surface area (Å²) in [6.07, 6.45) is 12.5. The molecule has 3 heteroatoms. The van der Waals surface area contributed by atoms with Crippen LogP contribution in [0.4, 0.5) is 0 Å². The minimum Gasteiger partial charge on any atom is -0.493 e. The van der Waals surface area contributed by atoms with E-state index in [1.807, 2.05) is 0 Å². The van der Waals surface area contributed by atoms with Crippen LogP contribution < -0.4 is 10.1 Å². The second kappa shape index (κ2) is 6.56. The van der Waals surface area contributed by atoms with Crippen molar-refractivity contribution in [2.45, 2.75) is 70.4 Å². The van der Waals surface area contributed by atoms with Gasteiger partial charge in [0.05, 0.1) is 6.61 Å². The summed E-state index contributed by atoms with van der Waals surface area (Å²) < 4.78 is 5.85. The standard InChI is InChI=1S/C20H28N2O/c1-14(22-16-6-3-2-4-7-16)12-15-13-21-18-9-10-19-17(20(15)18)8-5-11-23-19/h9-10,13-14,16,21-22H,2-8,11-12H2,1H3. The number of benzene rings is 1. The number of aryl methyl sites for hydroxylation is 1. The van der Waals surface area contributed by atoms with E-state index in [4.69, 9.17) is 4.74 Å². The Hall–Kier alpha value is -1.48. The van der Waals surface area contributed by atoms with Gasteiger partial charge in [0.1, 0.15) is 5.75 Å². The minimum atomic E-state index is 0.525. The molecule has 0 spiro atoms. The molecule has 0 amide bonds. The van der Waals surface area contributed by atoms with Crippen molar-refractivity contribution in [2.75, 3.05) is 6.61 Å². The third kappa shape index (κ3) is 3.12. The zero-order valence-electron chi connectivity index (χ0n) is 14.2. The van der Waals surface area contributed by atoms with Crippen molar-refractivity contribution in [1.29, 1.82) is 0 Å². The van der Waals surface area contributed by atoms with Crippen LogP contribution in [0.2, 0.25) is 0 Å². The van der Waals surface area contributed by atoms with Crippen molar-refractivity contribution in [1.82, 2.24) is 10.3 Å². The third-order valence-corrected chi connectivity index (χ3v) is 5.47. The van der Waals surface area contributed by atoms with Crippen LogP contribution >= 0.6 is 0 Å². The number of rotatable bonds is 4. The summed E-state index contributed by atoms with van der Waals surface area (Å²) in [5, 5.41) is 5.27. The predicted molar refractivity (Wildman–Crippen MR) is 95.3 cm³/mol. The summed E-state index contributed by atoms with van der Waals surface area (Å²) in [6.45, 7) is 3.19. The lowest BCUT2D eigenvalue weighted by Gasteiger charge is -2.26. The highest BCUT2D eigenvalue weighted by atomic mass is 16.5. The van der Waals surface area contributed by atoms with E-state index in [9.17, 15) is 0 Å². The SMILES string of the molecule is CC(Cc1c[nH]c2ccc3c(c12)CCCO3)NC1CCCCC1. The third-order valence-electron chi connectivity index (χ3n) is 5.47. The molecule has 0 saturated heterocycles. The molecule has 124 valence electrons. The molecule has 2 heterocycles. The predicted octanol–water partition coefficient (Wildman–Crippen LogP) is 4.35. The molecule has 1 aliphatic heterocycles. The second-order valence-corrected chi connectivity index (χ2v) is 7.34. The molecule has 0 bridgehead atoms. The van der Waals surface area contributed by atoms with Crippen LogP contribution in [0.5, 0.6) is 5.75 Å². The largest absolute Gasteiger partial charge is 0.493 e. The van der Waals surface area contributed by atoms with Gasteiger partial charge in [-0.25, -0.2) is 0 Å². The molecule has 2 aliphatic rings. The van der Waals surface area contributed by atoms with Gasteiger partial charge in [-0.05, 0) is 56.7 Å². The lowest BCUT2D eigenvalue weighted by atomic mass is 9.93. The van der Waals surface area contributed by atoms with Gasteiger partial charge in [0.25, 0.3) is 0 Å². The van der Waals surface area contributed by atoms with Crippen LogP contribution in [0.1, 0.15) is 56.6 Å². The molecule has 1 unspecified atom stereocenters. The average molecular weight is 312 g/mol. The van der Waals surface area contributed by atoms with E-state index >= 15 is 0 Å². The molecule has 1 fully saturated rings. The van der Waals surface area contributed by atoms with E-state index in [2.05, 4.69) is 35.6 Å². The summed E-state index contributed by atoms with van der Waals surface area (Å²) in [5.74, 6) is 1.09. The maximum Gasteiger partial charge on any atom is 0.123 e. The van der Waals surface area contributed by atoms with Crippen molar-refractivity contribution in [3.05, 3.63) is 29.5 Å². The summed E-state index contributed by atoms with van der Waals surface area (Å²) in [6, 6.07) is 5.54. The van der Waals surface area contributed by atoms with E-state index in [1.165, 1.54) is 54.1 Å². The molecular weight excluding hydrogens is 284 g/mol. The Morgan fingerprint density at radius 1 is 1.22 bits per heavy atom. The Bertz CT molecular complexity index is 670. The molecule has 1 atom stereocenters. The quantitative estimate of drug-likeness (QED) is 0.881. The number of aromatic nitrogens is 1. The molecule has 2 aromatic rings. The van der Waals surface area contributed by atoms with Crippen molar-refractivity contribution in [2.24, 2.45) is 0 Å². The van der Waals surface area contributed by atoms with Crippen LogP contribution in [-0.2, 0) is 12.8 Å². The molecule has 1 saturated carbocycles. The first kappa shape index (κ1) is 15.1. The van der Waals surface area contributed by atoms with E-state index in [0.29, 0.717) is 6.04 Å². The lowest BCUT2D eigenvalue weighted by Crippen LogP contribution is -2.38. The second-order valence-electron chi connectivity index (χ2n) is 7.34. The molecule has 23 heavy (non-hydrogen) atoms. The highest BCUT2D eigenvalue weighted by Gasteiger charge is 2.20. The fourth-order valence-corrected chi connectivity index (χ4v) is 4.39. The molecule has 1 aliphatic carbocycles. The van der Waals surface area contributed by atoms with Gasteiger partial charge < -0.3 is 15.0 Å². The number of aromatic amines is 1. The maximum absolute atomic E-state index is 5.85. The molecule has 2 N–H and O–H groups in total. The van der Waals surface area contributed by atoms with Crippen LogP contribution in [0.15, 0.2) is 18.3 Å². The summed E-state index contributed by atoms with van der Waals surface area (Å²) in [5.41, 5.74) is 4.11. The molecular formula is C20H28N2O. The smallest absolute Gasteiger partial charge is 0.123 e. The summed E-state index contributed by atoms with van der Waals surface area (Å²) >= 11 is 0. The Morgan fingerprint density at radius 2 is 2.09 bits per heavy atom. The minimum absolute atomic E-state index is 0.525. The fraction of sp³-hybridized carbons (Fsp3) is 0.600. The molecule has 0 radical (unpaired) electrons. The van der Waals surface area contributed by atoms with Crippen LogP contribution in [0, 0.1) is 0 Å². The Balaban J connectivity index is 1.54. The fourth-order valence-electron chi connectivity index (χ4n) is 4.39. The number of hydrogen-bond donors (Lipinski definition) is 2. The Morgan fingerprint density at radius 3 is 2.96 bits per heavy atom. The van der Waals surface area contributed by atoms with Gasteiger partial charge in [-0.3, -0.25) is 0 Å². The Labute approximate surface area is 138 Å². The van der Waals surface area contributed by atoms with E-state index < -0.39 is 0 Å². The number of H-pyrrole nitrogens is 1. The van der Waals surface area contributed by atoms with Crippen molar-refractivity contribution >= 4 is 10.9 Å². The normalized spacial score (nSPS) is 20.2. The number of fused-ring (bicyclic) bond motifs is 3. The van der Waals surface area contributed by atoms with Gasteiger partial charge >= 0.3 is 0 Å². The Kier molecular flexibility index (Phi) is 4.30. The van der Waals surface area contributed by atoms with E-state index in [0.717, 1.165) is 37.7 Å². The van der Waals surface area contributed by atoms with Crippen LogP contribution in [0.3, 0.4) is 0 Å². The van der Waals surface area contributed by atoms with Gasteiger partial charge in [0.2, 0.25) is 0 Å². The highest BCUT2D eigenvalue weighted by Crippen LogP contribution is 2.34. The van der Waals surface area contributed by atoms with E-state index in [1.54, 1.807) is 0 Å². The van der Waals surface area contributed by atoms with Gasteiger partial charge in [0.15, 0.2) is 0 Å². The van der Waals surface area contributed by atoms with Crippen LogP contribution in [0.25, 0.3) is 10.9 Å². The number of ether oxygens (including phenoxy) is 1. The first-order valence-electron chi connectivity index (χ1n) is 9.32. The zero-order valence-corrected chi connectivity index (χ0v) is 14.2.